The molecule has 238 valence electrons. The van der Waals surface area contributed by atoms with Gasteiger partial charge < -0.3 is 29.5 Å². The number of pyridine rings is 1. The van der Waals surface area contributed by atoms with E-state index in [4.69, 9.17) is 14.2 Å². The Morgan fingerprint density at radius 1 is 0.957 bits per heavy atom. The molecule has 13 heteroatoms. The van der Waals surface area contributed by atoms with Gasteiger partial charge in [-0.05, 0) is 55.2 Å². The van der Waals surface area contributed by atoms with E-state index in [0.717, 1.165) is 11.0 Å². The lowest BCUT2D eigenvalue weighted by molar-refractivity contribution is 0.111. The van der Waals surface area contributed by atoms with Crippen LogP contribution < -0.4 is 24.4 Å². The van der Waals surface area contributed by atoms with Gasteiger partial charge >= 0.3 is 18.2 Å². The molecule has 12 nitrogen and oxygen atoms in total. The molecule has 4 aromatic rings. The monoisotopic (exact) mass is 629 g/mol. The fourth-order valence-corrected chi connectivity index (χ4v) is 5.53. The van der Waals surface area contributed by atoms with Crippen LogP contribution in [0.2, 0.25) is 0 Å². The maximum Gasteiger partial charge on any atom is 0.407 e. The number of para-hydroxylation sites is 1. The molecule has 2 aliphatic rings. The highest BCUT2D eigenvalue weighted by Crippen LogP contribution is 2.38. The zero-order valence-electron chi connectivity index (χ0n) is 25.0. The van der Waals surface area contributed by atoms with Gasteiger partial charge in [-0.25, -0.2) is 23.7 Å². The minimum absolute atomic E-state index is 0.0787. The van der Waals surface area contributed by atoms with Gasteiger partial charge in [0.1, 0.15) is 5.75 Å². The number of carbonyl (C=O) groups is 3. The van der Waals surface area contributed by atoms with Crippen molar-refractivity contribution in [1.82, 2.24) is 14.8 Å². The lowest BCUT2D eigenvalue weighted by Crippen LogP contribution is -2.39. The fourth-order valence-electron chi connectivity index (χ4n) is 5.53. The molecule has 2 saturated heterocycles. The topological polar surface area (TPSA) is 134 Å². The number of hydrogen-bond acceptors (Lipinski definition) is 7. The normalized spacial score (nSPS) is 15.3. The number of carboxylic acid groups (broad SMARTS) is 1. The molecule has 46 heavy (non-hydrogen) atoms. The number of urea groups is 2. The van der Waals surface area contributed by atoms with Crippen molar-refractivity contribution >= 4 is 40.4 Å². The van der Waals surface area contributed by atoms with E-state index in [1.165, 1.54) is 35.2 Å². The maximum atomic E-state index is 15.2. The van der Waals surface area contributed by atoms with Gasteiger partial charge in [-0.2, -0.15) is 0 Å². The molecule has 2 aliphatic heterocycles. The van der Waals surface area contributed by atoms with Crippen molar-refractivity contribution in [3.05, 3.63) is 78.7 Å². The van der Waals surface area contributed by atoms with E-state index in [-0.39, 0.29) is 23.9 Å². The number of amides is 5. The number of nitrogens with one attached hydrogen (secondary N) is 1. The Morgan fingerprint density at radius 3 is 2.46 bits per heavy atom. The quantitative estimate of drug-likeness (QED) is 0.228. The van der Waals surface area contributed by atoms with Crippen molar-refractivity contribution < 1.29 is 38.1 Å². The summed E-state index contributed by atoms with van der Waals surface area (Å²) in [6.07, 6.45) is 2.03. The molecular formula is C33H32FN5O7. The van der Waals surface area contributed by atoms with Gasteiger partial charge in [-0.1, -0.05) is 18.2 Å². The van der Waals surface area contributed by atoms with Crippen molar-refractivity contribution in [3.63, 3.8) is 0 Å². The van der Waals surface area contributed by atoms with Crippen LogP contribution in [0.5, 0.6) is 23.0 Å². The maximum absolute atomic E-state index is 15.2. The third-order valence-corrected chi connectivity index (χ3v) is 8.07. The van der Waals surface area contributed by atoms with Crippen LogP contribution in [-0.2, 0) is 0 Å². The first-order chi connectivity index (χ1) is 22.3. The average molecular weight is 630 g/mol. The van der Waals surface area contributed by atoms with E-state index in [1.54, 1.807) is 30.3 Å². The van der Waals surface area contributed by atoms with Gasteiger partial charge in [0.2, 0.25) is 0 Å². The van der Waals surface area contributed by atoms with E-state index >= 15 is 4.39 Å². The molecular weight excluding hydrogens is 597 g/mol. The smallest absolute Gasteiger partial charge is 0.407 e. The number of carbonyl (C=O) groups excluding carboxylic acids is 2. The minimum atomic E-state index is -0.909. The zero-order chi connectivity index (χ0) is 32.2. The van der Waals surface area contributed by atoms with Crippen LogP contribution in [0.25, 0.3) is 10.9 Å². The minimum Gasteiger partial charge on any atom is -0.493 e. The van der Waals surface area contributed by atoms with Gasteiger partial charge in [0, 0.05) is 54.7 Å². The Hall–Kier alpha value is -5.59. The van der Waals surface area contributed by atoms with Gasteiger partial charge in [0.25, 0.3) is 0 Å². The molecule has 2 N–H and O–H groups in total. The van der Waals surface area contributed by atoms with Crippen molar-refractivity contribution in [1.29, 1.82) is 0 Å². The second-order valence-corrected chi connectivity index (χ2v) is 11.0. The standard InChI is InChI=1S/C33H32FN5O7/c1-44-29-18-24-26(19-30(29)45-20-21-10-13-37(14-11-21)33(42)43)35-12-9-27(24)46-28-8-7-22(17-25(28)34)36-31(40)39-16-15-38(32(39)41)23-5-3-2-4-6-23/h2-9,12,17-19,21H,10-11,13-16,20H2,1H3,(H,36,40)(H,42,43). The molecule has 0 aliphatic carbocycles. The van der Waals surface area contributed by atoms with Crippen molar-refractivity contribution in [3.8, 4) is 23.0 Å². The number of ether oxygens (including phenoxy) is 3. The number of imide groups is 1. The third kappa shape index (κ3) is 6.43. The Kier molecular flexibility index (Phi) is 8.72. The number of anilines is 2. The van der Waals surface area contributed by atoms with Crippen LogP contribution in [0.3, 0.4) is 0 Å². The first-order valence-electron chi connectivity index (χ1n) is 14.8. The molecule has 6 rings (SSSR count). The first kappa shape index (κ1) is 30.4. The fraction of sp³-hybridized carbons (Fsp3) is 0.273. The summed E-state index contributed by atoms with van der Waals surface area (Å²) >= 11 is 0. The number of likely N-dealkylation sites (tertiary alicyclic amines) is 1. The lowest BCUT2D eigenvalue weighted by atomic mass is 9.98. The van der Waals surface area contributed by atoms with Crippen molar-refractivity contribution in [2.75, 3.05) is 50.1 Å². The second kappa shape index (κ2) is 13.2. The molecule has 0 unspecified atom stereocenters. The molecule has 5 amide bonds. The number of rotatable bonds is 8. The van der Waals surface area contributed by atoms with Gasteiger partial charge in [0.05, 0.1) is 25.8 Å². The highest BCUT2D eigenvalue weighted by Gasteiger charge is 2.34. The summed E-state index contributed by atoms with van der Waals surface area (Å²) in [6, 6.07) is 17.0. The summed E-state index contributed by atoms with van der Waals surface area (Å²) in [4.78, 5) is 45.3. The van der Waals surface area contributed by atoms with Crippen LogP contribution in [0.4, 0.5) is 30.1 Å². The molecule has 0 spiro atoms. The summed E-state index contributed by atoms with van der Waals surface area (Å²) in [5, 5.41) is 12.3. The van der Waals surface area contributed by atoms with E-state index in [1.807, 2.05) is 18.2 Å². The van der Waals surface area contributed by atoms with Gasteiger partial charge in [-0.3, -0.25) is 9.88 Å². The average Bonchev–Trinajstić information content (AvgIpc) is 3.46. The predicted octanol–water partition coefficient (Wildman–Crippen LogP) is 6.42. The second-order valence-electron chi connectivity index (χ2n) is 11.0. The number of nitrogens with zero attached hydrogens (tertiary/aromatic N) is 4. The summed E-state index contributed by atoms with van der Waals surface area (Å²) < 4.78 is 32.8. The number of hydrogen-bond donors (Lipinski definition) is 2. The van der Waals surface area contributed by atoms with Crippen molar-refractivity contribution in [2.24, 2.45) is 5.92 Å². The van der Waals surface area contributed by atoms with E-state index in [2.05, 4.69) is 10.3 Å². The summed E-state index contributed by atoms with van der Waals surface area (Å²) in [6.45, 7) is 1.88. The Morgan fingerprint density at radius 2 is 1.74 bits per heavy atom. The highest BCUT2D eigenvalue weighted by molar-refractivity contribution is 6.08. The Labute approximate surface area is 263 Å². The third-order valence-electron chi connectivity index (χ3n) is 8.07. The number of piperidine rings is 1. The van der Waals surface area contributed by atoms with Crippen LogP contribution in [0.15, 0.2) is 72.9 Å². The van der Waals surface area contributed by atoms with Crippen molar-refractivity contribution in [2.45, 2.75) is 12.8 Å². The molecule has 0 bridgehead atoms. The van der Waals surface area contributed by atoms with Crippen LogP contribution >= 0.6 is 0 Å². The molecule has 1 aromatic heterocycles. The molecule has 2 fully saturated rings. The lowest BCUT2D eigenvalue weighted by Gasteiger charge is -2.29. The highest BCUT2D eigenvalue weighted by atomic mass is 19.1. The number of benzene rings is 3. The van der Waals surface area contributed by atoms with E-state index < -0.39 is 24.0 Å². The first-order valence-corrected chi connectivity index (χ1v) is 14.8. The SMILES string of the molecule is COc1cc2c(Oc3ccc(NC(=O)N4CCN(c5ccccc5)C4=O)cc3F)ccnc2cc1OCC1CCN(C(=O)O)CC1. The number of methoxy groups -OCH3 is 1. The summed E-state index contributed by atoms with van der Waals surface area (Å²) in [5.41, 5.74) is 1.39. The van der Waals surface area contributed by atoms with Crippen LogP contribution in [-0.4, -0.2) is 77.9 Å². The molecule has 0 radical (unpaired) electrons. The van der Waals surface area contributed by atoms with E-state index in [0.29, 0.717) is 72.9 Å². The number of aromatic nitrogens is 1. The van der Waals surface area contributed by atoms with E-state index in [9.17, 15) is 19.5 Å². The molecule has 0 saturated carbocycles. The van der Waals surface area contributed by atoms with Crippen LogP contribution in [0, 0.1) is 11.7 Å². The van der Waals surface area contributed by atoms with Gasteiger partial charge in [-0.15, -0.1) is 0 Å². The van der Waals surface area contributed by atoms with Gasteiger partial charge in [0.15, 0.2) is 23.1 Å². The Balaban J connectivity index is 1.12. The summed E-state index contributed by atoms with van der Waals surface area (Å²) in [5.74, 6) is 0.654. The number of fused-ring (bicyclic) bond motifs is 1. The largest absolute Gasteiger partial charge is 0.493 e. The predicted molar refractivity (Wildman–Crippen MR) is 167 cm³/mol. The summed E-state index contributed by atoms with van der Waals surface area (Å²) in [7, 11) is 1.51. The Bertz CT molecular complexity index is 1760. The molecule has 3 aromatic carbocycles. The number of halogens is 1. The molecule has 3 heterocycles. The molecule has 0 atom stereocenters. The zero-order valence-corrected chi connectivity index (χ0v) is 25.0. The van der Waals surface area contributed by atoms with Crippen LogP contribution in [0.1, 0.15) is 12.8 Å².